The van der Waals surface area contributed by atoms with Crippen LogP contribution in [0.1, 0.15) is 60.8 Å². The van der Waals surface area contributed by atoms with Gasteiger partial charge in [-0.2, -0.15) is 0 Å². The summed E-state index contributed by atoms with van der Waals surface area (Å²) in [7, 11) is -1.83. The minimum atomic E-state index is -2.49. The van der Waals surface area contributed by atoms with E-state index in [1.54, 1.807) is 21.3 Å². The summed E-state index contributed by atoms with van der Waals surface area (Å²) in [6, 6.07) is 2.73. The minimum absolute atomic E-state index is 0.452. The van der Waals surface area contributed by atoms with Crippen LogP contribution < -0.4 is 33.2 Å². The fourth-order valence-electron chi connectivity index (χ4n) is 4.81. The van der Waals surface area contributed by atoms with Crippen molar-refractivity contribution in [1.29, 1.82) is 0 Å². The van der Waals surface area contributed by atoms with Gasteiger partial charge in [-0.1, -0.05) is 6.92 Å². The summed E-state index contributed by atoms with van der Waals surface area (Å²) in [6.07, 6.45) is 3.14. The first-order valence-electron chi connectivity index (χ1n) is 18.1. The molecule has 0 spiro atoms. The molecule has 0 aromatic rings. The normalized spacial score (nSPS) is 12.7. The fourth-order valence-corrected chi connectivity index (χ4v) is 11.9. The molecule has 17 heteroatoms. The summed E-state index contributed by atoms with van der Waals surface area (Å²) in [5, 5.41) is 9.90. The summed E-state index contributed by atoms with van der Waals surface area (Å²) < 4.78 is 44.9. The molecule has 0 rings (SSSR count). The van der Waals surface area contributed by atoms with Gasteiger partial charge in [0.25, 0.3) is 0 Å². The third-order valence-electron chi connectivity index (χ3n) is 7.04. The highest BCUT2D eigenvalue weighted by Gasteiger charge is 2.41. The second kappa shape index (κ2) is 36.9. The number of hydrogen-bond acceptors (Lipinski definition) is 14. The molecule has 0 radical (unpaired) electrons. The zero-order valence-electron chi connectivity index (χ0n) is 32.7. The van der Waals surface area contributed by atoms with Crippen molar-refractivity contribution in [2.75, 3.05) is 113 Å². The third kappa shape index (κ3) is 29.8. The Bertz CT molecular complexity index is 622. The lowest BCUT2D eigenvalue weighted by Gasteiger charge is -2.30. The van der Waals surface area contributed by atoms with Gasteiger partial charge in [0.2, 0.25) is 0 Å². The van der Waals surface area contributed by atoms with E-state index >= 15 is 0 Å². The van der Waals surface area contributed by atoms with E-state index in [4.69, 9.17) is 52.6 Å². The molecule has 0 aromatic carbocycles. The van der Waals surface area contributed by atoms with Crippen molar-refractivity contribution < 1.29 is 35.4 Å². The Morgan fingerprint density at radius 3 is 1.35 bits per heavy atom. The molecule has 0 aliphatic heterocycles. The van der Waals surface area contributed by atoms with E-state index in [9.17, 15) is 0 Å². The molecule has 294 valence electrons. The van der Waals surface area contributed by atoms with Crippen LogP contribution in [0.2, 0.25) is 24.7 Å². The van der Waals surface area contributed by atoms with Gasteiger partial charge in [-0.15, -0.1) is 0 Å². The van der Waals surface area contributed by atoms with Gasteiger partial charge in [0.15, 0.2) is 0 Å². The highest BCUT2D eigenvalue weighted by molar-refractivity contribution is 6.66. The monoisotopic (exact) mass is 749 g/mol. The van der Waals surface area contributed by atoms with Crippen molar-refractivity contribution in [1.82, 2.24) is 16.0 Å². The van der Waals surface area contributed by atoms with E-state index in [2.05, 4.69) is 29.4 Å². The molecule has 48 heavy (non-hydrogen) atoms. The number of rotatable bonds is 32. The quantitative estimate of drug-likeness (QED) is 0.0435. The largest absolute Gasteiger partial charge is 0.501 e. The summed E-state index contributed by atoms with van der Waals surface area (Å²) >= 11 is 0. The Balaban J connectivity index is -0.000000638. The van der Waals surface area contributed by atoms with E-state index in [0.717, 1.165) is 96.4 Å². The first kappa shape index (κ1) is 52.5. The average Bonchev–Trinajstić information content (AvgIpc) is 3.06. The van der Waals surface area contributed by atoms with Gasteiger partial charge < -0.3 is 68.6 Å². The summed E-state index contributed by atoms with van der Waals surface area (Å²) in [4.78, 5) is 0. The molecule has 0 saturated heterocycles. The highest BCUT2D eigenvalue weighted by atomic mass is 28.4. The molecule has 1 unspecified atom stereocenters. The Labute approximate surface area is 298 Å². The topological polar surface area (TPSA) is 188 Å². The van der Waals surface area contributed by atoms with Crippen LogP contribution >= 0.6 is 0 Å². The highest BCUT2D eigenvalue weighted by Crippen LogP contribution is 2.21. The van der Waals surface area contributed by atoms with Gasteiger partial charge >= 0.3 is 26.2 Å². The van der Waals surface area contributed by atoms with Crippen LogP contribution in [0.4, 0.5) is 0 Å². The standard InChI is InChI=1S/C12H30N2O3Si.C11H28N2O2Si.C8H22N2O3Si/c1-5-15-18(16-6-2,17-7-3)11-12(4)10-14-9-8-13;1-4-14-16(3,15-5-2)11-7-10-13-9-6-8-12;1-11-14(12-2,13-3)8-4-6-10-7-5-9/h12,14H,5-11,13H2,1-4H3;13H,4-12H2,1-3H3;10H,4-9H2,1-3H3. The minimum Gasteiger partial charge on any atom is -0.395 e. The van der Waals surface area contributed by atoms with Crippen molar-refractivity contribution in [3.8, 4) is 0 Å². The molecular formula is C31H80N6O8Si3. The van der Waals surface area contributed by atoms with Gasteiger partial charge in [0, 0.05) is 92.6 Å². The lowest BCUT2D eigenvalue weighted by atomic mass is 10.2. The molecule has 0 heterocycles. The molecule has 0 aromatic heterocycles. The second-order valence-corrected chi connectivity index (χ2v) is 20.3. The first-order chi connectivity index (χ1) is 23.1. The Kier molecular flexibility index (Phi) is 40.3. The van der Waals surface area contributed by atoms with Crippen molar-refractivity contribution >= 4 is 26.2 Å². The van der Waals surface area contributed by atoms with E-state index in [1.807, 2.05) is 34.6 Å². The second-order valence-electron chi connectivity index (χ2n) is 11.2. The van der Waals surface area contributed by atoms with Crippen LogP contribution in [0.5, 0.6) is 0 Å². The number of nitrogens with one attached hydrogen (secondary N) is 3. The van der Waals surface area contributed by atoms with Crippen LogP contribution in [0.25, 0.3) is 0 Å². The van der Waals surface area contributed by atoms with Gasteiger partial charge in [0.05, 0.1) is 0 Å². The molecule has 0 bridgehead atoms. The molecular weight excluding hydrogens is 669 g/mol. The predicted molar refractivity (Wildman–Crippen MR) is 205 cm³/mol. The van der Waals surface area contributed by atoms with Crippen LogP contribution in [-0.2, 0) is 35.4 Å². The molecule has 0 aliphatic rings. The maximum Gasteiger partial charge on any atom is 0.501 e. The maximum absolute atomic E-state index is 5.83. The van der Waals surface area contributed by atoms with Gasteiger partial charge in [0.1, 0.15) is 0 Å². The molecule has 0 aliphatic carbocycles. The molecule has 9 N–H and O–H groups in total. The van der Waals surface area contributed by atoms with Crippen LogP contribution in [0.3, 0.4) is 0 Å². The van der Waals surface area contributed by atoms with E-state index in [0.29, 0.717) is 38.8 Å². The molecule has 0 amide bonds. The Morgan fingerprint density at radius 2 is 0.938 bits per heavy atom. The number of hydrogen-bond donors (Lipinski definition) is 6. The van der Waals surface area contributed by atoms with Crippen molar-refractivity contribution in [3.05, 3.63) is 0 Å². The molecule has 0 saturated carbocycles. The molecule has 14 nitrogen and oxygen atoms in total. The van der Waals surface area contributed by atoms with E-state index < -0.39 is 26.2 Å². The predicted octanol–water partition coefficient (Wildman–Crippen LogP) is 2.48. The van der Waals surface area contributed by atoms with Crippen LogP contribution in [-0.4, -0.2) is 139 Å². The summed E-state index contributed by atoms with van der Waals surface area (Å²) in [5.74, 6) is 0.452. The van der Waals surface area contributed by atoms with Gasteiger partial charge in [-0.25, -0.2) is 0 Å². The lowest BCUT2D eigenvalue weighted by molar-refractivity contribution is 0.0676. The lowest BCUT2D eigenvalue weighted by Crippen LogP contribution is -2.48. The van der Waals surface area contributed by atoms with Crippen LogP contribution in [0, 0.1) is 5.92 Å². The smallest absolute Gasteiger partial charge is 0.395 e. The third-order valence-corrected chi connectivity index (χ3v) is 16.3. The average molecular weight is 749 g/mol. The number of nitrogens with two attached hydrogens (primary N) is 3. The zero-order chi connectivity index (χ0) is 37.0. The van der Waals surface area contributed by atoms with Crippen LogP contribution in [0.15, 0.2) is 0 Å². The van der Waals surface area contributed by atoms with Crippen molar-refractivity contribution in [2.24, 2.45) is 23.1 Å². The SMILES string of the molecule is CCO[Si](C)(CCCNCCCN)OCC.CCO[Si](CC(C)CNCCN)(OCC)OCC.CO[Si](CCCNCCN)(OC)OC. The molecule has 0 fully saturated rings. The van der Waals surface area contributed by atoms with Gasteiger partial charge in [-0.3, -0.25) is 0 Å². The zero-order valence-corrected chi connectivity index (χ0v) is 35.7. The summed E-state index contributed by atoms with van der Waals surface area (Å²) in [6.45, 7) is 25.4. The maximum atomic E-state index is 5.83. The van der Waals surface area contributed by atoms with E-state index in [-0.39, 0.29) is 0 Å². The fraction of sp³-hybridized carbons (Fsp3) is 1.00. The first-order valence-corrected chi connectivity index (χ1v) is 24.5. The van der Waals surface area contributed by atoms with Gasteiger partial charge in [-0.05, 0) is 105 Å². The molecule has 1 atom stereocenters. The Morgan fingerprint density at radius 1 is 0.521 bits per heavy atom. The Hall–Kier alpha value is 0.0906. The van der Waals surface area contributed by atoms with Crippen molar-refractivity contribution in [2.45, 2.75) is 85.5 Å². The van der Waals surface area contributed by atoms with E-state index in [1.165, 1.54) is 0 Å². The van der Waals surface area contributed by atoms with Crippen molar-refractivity contribution in [3.63, 3.8) is 0 Å². The summed E-state index contributed by atoms with van der Waals surface area (Å²) in [5.41, 5.74) is 16.2.